The van der Waals surface area contributed by atoms with E-state index in [1.807, 2.05) is 0 Å². The van der Waals surface area contributed by atoms with Crippen molar-refractivity contribution in [1.29, 1.82) is 0 Å². The van der Waals surface area contributed by atoms with Crippen molar-refractivity contribution < 1.29 is 53.1 Å². The Hall–Kier alpha value is -3.23. The molecule has 0 saturated carbocycles. The first-order chi connectivity index (χ1) is 19.9. The number of likely N-dealkylation sites (tertiary alicyclic amines) is 2. The van der Waals surface area contributed by atoms with Gasteiger partial charge in [-0.05, 0) is 61.1 Å². The fourth-order valence-corrected chi connectivity index (χ4v) is 9.07. The van der Waals surface area contributed by atoms with E-state index in [2.05, 4.69) is 0 Å². The van der Waals surface area contributed by atoms with Gasteiger partial charge in [0, 0.05) is 38.0 Å². The highest BCUT2D eigenvalue weighted by atomic mass is 32.2. The zero-order chi connectivity index (χ0) is 31.8. The maximum Gasteiger partial charge on any atom is 0.435 e. The number of hydrogen-bond acceptors (Lipinski definition) is 4. The summed E-state index contributed by atoms with van der Waals surface area (Å²) in [5.74, 6) is -2.27. The van der Waals surface area contributed by atoms with Crippen molar-refractivity contribution in [3.63, 3.8) is 0 Å². The number of alkyl halides is 7. The van der Waals surface area contributed by atoms with Gasteiger partial charge in [-0.1, -0.05) is 18.2 Å². The predicted octanol–water partition coefficient (Wildman–Crippen LogP) is 5.20. The Labute approximate surface area is 241 Å². The molecule has 15 heteroatoms. The maximum absolute atomic E-state index is 15.0. The lowest BCUT2D eigenvalue weighted by molar-refractivity contribution is -0.348. The van der Waals surface area contributed by atoms with Gasteiger partial charge in [0.25, 0.3) is 0 Å². The van der Waals surface area contributed by atoms with E-state index in [9.17, 15) is 53.1 Å². The summed E-state index contributed by atoms with van der Waals surface area (Å²) in [7, 11) is -3.01. The van der Waals surface area contributed by atoms with Gasteiger partial charge in [-0.15, -0.1) is 0 Å². The van der Waals surface area contributed by atoms with Gasteiger partial charge in [0.2, 0.25) is 11.8 Å². The van der Waals surface area contributed by atoms with Crippen LogP contribution in [0.25, 0.3) is 0 Å². The molecule has 0 radical (unpaired) electrons. The van der Waals surface area contributed by atoms with E-state index >= 15 is 0 Å². The van der Waals surface area contributed by atoms with Crippen LogP contribution in [-0.4, -0.2) is 68.6 Å². The second-order valence-corrected chi connectivity index (χ2v) is 13.4. The van der Waals surface area contributed by atoms with Gasteiger partial charge in [0.05, 0.1) is 10.9 Å². The number of hydrogen-bond donors (Lipinski definition) is 0. The molecule has 0 spiro atoms. The molecule has 2 aliphatic heterocycles. The molecule has 2 saturated heterocycles. The number of rotatable bonds is 4. The van der Waals surface area contributed by atoms with E-state index in [0.29, 0.717) is 19.0 Å². The normalized spacial score (nSPS) is 25.0. The quantitative estimate of drug-likeness (QED) is 0.341. The van der Waals surface area contributed by atoms with Gasteiger partial charge in [-0.2, -0.15) is 26.3 Å². The molecule has 2 aromatic rings. The summed E-state index contributed by atoms with van der Waals surface area (Å²) in [4.78, 5) is 28.4. The number of benzene rings is 2. The van der Waals surface area contributed by atoms with E-state index in [4.69, 9.17) is 0 Å². The predicted molar refractivity (Wildman–Crippen MR) is 135 cm³/mol. The van der Waals surface area contributed by atoms with Gasteiger partial charge in [0.15, 0.2) is 9.84 Å². The molecule has 3 atom stereocenters. The van der Waals surface area contributed by atoms with Crippen molar-refractivity contribution in [3.8, 4) is 0 Å². The lowest BCUT2D eigenvalue weighted by Gasteiger charge is -2.44. The number of halogens is 8. The third-order valence-electron chi connectivity index (χ3n) is 8.96. The molecule has 0 bridgehead atoms. The molecule has 0 N–H and O–H groups in total. The molecule has 2 heterocycles. The van der Waals surface area contributed by atoms with Crippen molar-refractivity contribution in [2.24, 2.45) is 5.92 Å². The largest absolute Gasteiger partial charge is 0.435 e. The van der Waals surface area contributed by atoms with Gasteiger partial charge in [-0.25, -0.2) is 17.2 Å². The Morgan fingerprint density at radius 2 is 1.56 bits per heavy atom. The number of piperidine rings is 1. The second kappa shape index (κ2) is 10.2. The smallest absolute Gasteiger partial charge is 0.346 e. The Morgan fingerprint density at radius 1 is 0.930 bits per heavy atom. The molecular formula is C28H26F8N2O4S. The highest BCUT2D eigenvalue weighted by molar-refractivity contribution is 7.92. The fourth-order valence-electron chi connectivity index (χ4n) is 6.71. The van der Waals surface area contributed by atoms with Crippen LogP contribution < -0.4 is 0 Å². The minimum Gasteiger partial charge on any atom is -0.346 e. The summed E-state index contributed by atoms with van der Waals surface area (Å²) in [6, 6.07) is 4.08. The standard InChI is InChI=1S/C28H26F8N2O4S/c1-37-12-10-17(15-23(37)39)24(40)38-13-11-25(43(41,42)20-6-4-19(29)5-7-20)21-8-3-18(14-16(21)2-9-22(25)38)26(30,27(31,32)33)28(34,35)36/h3-8,14,17,22H,2,9-13,15H2,1H3/t17-,22+,25+/m0/s1. The van der Waals surface area contributed by atoms with E-state index in [1.54, 1.807) is 7.05 Å². The maximum atomic E-state index is 15.0. The SMILES string of the molecule is CN1CC[C@H](C(=O)N2CC[C@@]3(S(=O)(=O)c4ccc(F)cc4)c4ccc(C(F)(C(F)(F)F)C(F)(F)F)cc4CC[C@@H]23)CC1=O. The first-order valence-electron chi connectivity index (χ1n) is 13.4. The molecule has 2 fully saturated rings. The molecule has 0 unspecified atom stereocenters. The highest BCUT2D eigenvalue weighted by Crippen LogP contribution is 2.57. The Bertz CT molecular complexity index is 1540. The summed E-state index contributed by atoms with van der Waals surface area (Å²) in [5.41, 5.74) is -7.85. The zero-order valence-corrected chi connectivity index (χ0v) is 23.4. The number of aryl methyl sites for hydroxylation is 1. The van der Waals surface area contributed by atoms with Crippen LogP contribution >= 0.6 is 0 Å². The Morgan fingerprint density at radius 3 is 2.14 bits per heavy atom. The Balaban J connectivity index is 1.66. The molecule has 5 rings (SSSR count). The van der Waals surface area contributed by atoms with Crippen molar-refractivity contribution in [3.05, 3.63) is 65.0 Å². The Kier molecular flexibility index (Phi) is 7.37. The molecule has 6 nitrogen and oxygen atoms in total. The van der Waals surface area contributed by atoms with Crippen LogP contribution in [0.3, 0.4) is 0 Å². The van der Waals surface area contributed by atoms with Crippen LogP contribution in [0.2, 0.25) is 0 Å². The third-order valence-corrected chi connectivity index (χ3v) is 11.5. The lowest BCUT2D eigenvalue weighted by Crippen LogP contribution is -2.54. The summed E-state index contributed by atoms with van der Waals surface area (Å²) >= 11 is 0. The van der Waals surface area contributed by atoms with Gasteiger partial charge in [-0.3, -0.25) is 9.59 Å². The van der Waals surface area contributed by atoms with Crippen molar-refractivity contribution in [1.82, 2.24) is 9.80 Å². The van der Waals surface area contributed by atoms with E-state index in [0.717, 1.165) is 30.3 Å². The van der Waals surface area contributed by atoms with Crippen LogP contribution in [0.15, 0.2) is 47.4 Å². The molecule has 234 valence electrons. The van der Waals surface area contributed by atoms with Gasteiger partial charge >= 0.3 is 18.0 Å². The summed E-state index contributed by atoms with van der Waals surface area (Å²) in [5, 5.41) is 0. The van der Waals surface area contributed by atoms with Crippen LogP contribution in [-0.2, 0) is 36.3 Å². The highest BCUT2D eigenvalue weighted by Gasteiger charge is 2.74. The minimum absolute atomic E-state index is 0.107. The summed E-state index contributed by atoms with van der Waals surface area (Å²) < 4.78 is 136. The monoisotopic (exact) mass is 638 g/mol. The topological polar surface area (TPSA) is 74.8 Å². The van der Waals surface area contributed by atoms with Crippen LogP contribution in [0.4, 0.5) is 35.1 Å². The number of nitrogens with zero attached hydrogens (tertiary/aromatic N) is 2. The van der Waals surface area contributed by atoms with E-state index in [1.165, 1.54) is 9.80 Å². The lowest BCUT2D eigenvalue weighted by atomic mass is 9.76. The molecule has 2 aromatic carbocycles. The average molecular weight is 639 g/mol. The first kappa shape index (κ1) is 31.2. The molecule has 0 aromatic heterocycles. The second-order valence-electron chi connectivity index (χ2n) is 11.2. The molecule has 1 aliphatic carbocycles. The number of carbonyl (C=O) groups is 2. The average Bonchev–Trinajstić information content (AvgIpc) is 3.34. The first-order valence-corrected chi connectivity index (χ1v) is 14.9. The van der Waals surface area contributed by atoms with Crippen LogP contribution in [0.5, 0.6) is 0 Å². The molecule has 2 amide bonds. The molecule has 43 heavy (non-hydrogen) atoms. The van der Waals surface area contributed by atoms with Crippen molar-refractivity contribution in [2.75, 3.05) is 20.1 Å². The van der Waals surface area contributed by atoms with Crippen LogP contribution in [0, 0.1) is 11.7 Å². The van der Waals surface area contributed by atoms with Gasteiger partial charge < -0.3 is 9.80 Å². The minimum atomic E-state index is -6.36. The van der Waals surface area contributed by atoms with Crippen molar-refractivity contribution >= 4 is 21.7 Å². The summed E-state index contributed by atoms with van der Waals surface area (Å²) in [6.45, 7) is 0.158. The van der Waals surface area contributed by atoms with Crippen molar-refractivity contribution in [2.45, 2.75) is 65.8 Å². The van der Waals surface area contributed by atoms with Gasteiger partial charge in [0.1, 0.15) is 10.6 Å². The third kappa shape index (κ3) is 4.60. The van der Waals surface area contributed by atoms with Crippen LogP contribution in [0.1, 0.15) is 42.4 Å². The van der Waals surface area contributed by atoms with E-state index < -0.39 is 61.9 Å². The zero-order valence-electron chi connectivity index (χ0n) is 22.6. The summed E-state index contributed by atoms with van der Waals surface area (Å²) in [6.07, 6.45) is -13.2. The molecular weight excluding hydrogens is 612 g/mol. The number of fused-ring (bicyclic) bond motifs is 3. The molecule has 3 aliphatic rings. The number of sulfone groups is 1. The van der Waals surface area contributed by atoms with E-state index in [-0.39, 0.29) is 60.2 Å². The number of carbonyl (C=O) groups excluding carboxylic acids is 2. The number of amides is 2. The fraction of sp³-hybridized carbons (Fsp3) is 0.500.